The highest BCUT2D eigenvalue weighted by Gasteiger charge is 2.04. The van der Waals surface area contributed by atoms with Crippen LogP contribution in [0.25, 0.3) is 0 Å². The summed E-state index contributed by atoms with van der Waals surface area (Å²) in [5.41, 5.74) is 1.05. The topological polar surface area (TPSA) is 66.9 Å². The standard InChI is InChI=1S/C13H13ClN4O/c14-11-7-15-9-18-13(11)17-8-12(19)16-6-10-4-2-1-3-5-10/h1-5,7,9H,6,8H2,(H,16,19)(H,15,17,18). The van der Waals surface area contributed by atoms with E-state index >= 15 is 0 Å². The van der Waals surface area contributed by atoms with Crippen molar-refractivity contribution in [1.82, 2.24) is 15.3 Å². The third-order valence-electron chi connectivity index (χ3n) is 2.42. The van der Waals surface area contributed by atoms with E-state index in [1.54, 1.807) is 0 Å². The van der Waals surface area contributed by atoms with Crippen molar-refractivity contribution >= 4 is 23.3 Å². The van der Waals surface area contributed by atoms with Crippen LogP contribution in [0.5, 0.6) is 0 Å². The lowest BCUT2D eigenvalue weighted by atomic mass is 10.2. The Labute approximate surface area is 116 Å². The van der Waals surface area contributed by atoms with Gasteiger partial charge in [-0.3, -0.25) is 4.79 Å². The molecule has 98 valence electrons. The number of halogens is 1. The first kappa shape index (κ1) is 13.3. The Morgan fingerprint density at radius 2 is 2.05 bits per heavy atom. The van der Waals surface area contributed by atoms with Crippen LogP contribution in [0, 0.1) is 0 Å². The van der Waals surface area contributed by atoms with Crippen LogP contribution in [-0.4, -0.2) is 22.4 Å². The first-order valence-corrected chi connectivity index (χ1v) is 6.13. The van der Waals surface area contributed by atoms with E-state index in [1.165, 1.54) is 12.5 Å². The van der Waals surface area contributed by atoms with Crippen molar-refractivity contribution in [3.63, 3.8) is 0 Å². The summed E-state index contributed by atoms with van der Waals surface area (Å²) < 4.78 is 0. The Morgan fingerprint density at radius 3 is 2.79 bits per heavy atom. The number of nitrogens with one attached hydrogen (secondary N) is 2. The maximum Gasteiger partial charge on any atom is 0.239 e. The number of hydrogen-bond donors (Lipinski definition) is 2. The summed E-state index contributed by atoms with van der Waals surface area (Å²) in [5, 5.41) is 6.04. The molecule has 0 fully saturated rings. The van der Waals surface area contributed by atoms with Gasteiger partial charge in [0, 0.05) is 6.54 Å². The molecule has 0 unspecified atom stereocenters. The molecule has 0 aliphatic rings. The second-order valence-corrected chi connectivity index (χ2v) is 4.24. The Hall–Kier alpha value is -2.14. The van der Waals surface area contributed by atoms with Gasteiger partial charge in [0.25, 0.3) is 0 Å². The zero-order valence-corrected chi connectivity index (χ0v) is 10.9. The van der Waals surface area contributed by atoms with E-state index in [0.717, 1.165) is 5.56 Å². The second-order valence-electron chi connectivity index (χ2n) is 3.84. The van der Waals surface area contributed by atoms with Gasteiger partial charge >= 0.3 is 0 Å². The lowest BCUT2D eigenvalue weighted by molar-refractivity contribution is -0.119. The Morgan fingerprint density at radius 1 is 1.26 bits per heavy atom. The molecule has 1 amide bonds. The SMILES string of the molecule is O=C(CNc1ncncc1Cl)NCc1ccccc1. The number of carbonyl (C=O) groups excluding carboxylic acids is 1. The van der Waals surface area contributed by atoms with Crippen LogP contribution in [0.1, 0.15) is 5.56 Å². The lowest BCUT2D eigenvalue weighted by Crippen LogP contribution is -2.29. The molecule has 0 aliphatic carbocycles. The van der Waals surface area contributed by atoms with Crippen molar-refractivity contribution in [1.29, 1.82) is 0 Å². The van der Waals surface area contributed by atoms with Gasteiger partial charge in [-0.05, 0) is 5.56 Å². The van der Waals surface area contributed by atoms with Crippen molar-refractivity contribution in [2.45, 2.75) is 6.54 Å². The van der Waals surface area contributed by atoms with Crippen LogP contribution in [-0.2, 0) is 11.3 Å². The molecule has 0 saturated carbocycles. The number of anilines is 1. The van der Waals surface area contributed by atoms with E-state index in [2.05, 4.69) is 20.6 Å². The van der Waals surface area contributed by atoms with Crippen LogP contribution in [0.4, 0.5) is 5.82 Å². The van der Waals surface area contributed by atoms with Crippen LogP contribution in [0.15, 0.2) is 42.9 Å². The molecule has 0 atom stereocenters. The molecule has 2 aromatic rings. The molecule has 0 aliphatic heterocycles. The molecule has 0 bridgehead atoms. The van der Waals surface area contributed by atoms with E-state index in [-0.39, 0.29) is 12.5 Å². The minimum absolute atomic E-state index is 0.115. The number of rotatable bonds is 5. The van der Waals surface area contributed by atoms with Crippen molar-refractivity contribution in [2.75, 3.05) is 11.9 Å². The number of carbonyl (C=O) groups is 1. The maximum absolute atomic E-state index is 11.6. The van der Waals surface area contributed by atoms with Gasteiger partial charge in [-0.15, -0.1) is 0 Å². The predicted octanol–water partition coefficient (Wildman–Crippen LogP) is 1.86. The summed E-state index contributed by atoms with van der Waals surface area (Å²) in [4.78, 5) is 19.3. The summed E-state index contributed by atoms with van der Waals surface area (Å²) in [6.45, 7) is 0.614. The summed E-state index contributed by atoms with van der Waals surface area (Å²) in [6, 6.07) is 9.70. The van der Waals surface area contributed by atoms with Gasteiger partial charge < -0.3 is 10.6 Å². The number of amides is 1. The number of aromatic nitrogens is 2. The highest BCUT2D eigenvalue weighted by molar-refractivity contribution is 6.32. The third-order valence-corrected chi connectivity index (χ3v) is 2.69. The molecule has 1 heterocycles. The zero-order valence-electron chi connectivity index (χ0n) is 10.1. The fourth-order valence-electron chi connectivity index (χ4n) is 1.47. The summed E-state index contributed by atoms with van der Waals surface area (Å²) >= 11 is 5.86. The number of hydrogen-bond acceptors (Lipinski definition) is 4. The lowest BCUT2D eigenvalue weighted by Gasteiger charge is -2.07. The summed E-state index contributed by atoms with van der Waals surface area (Å²) in [6.07, 6.45) is 2.84. The Kier molecular flexibility index (Phi) is 4.69. The normalized spacial score (nSPS) is 9.95. The van der Waals surface area contributed by atoms with Crippen molar-refractivity contribution in [2.24, 2.45) is 0 Å². The molecular formula is C13H13ClN4O. The van der Waals surface area contributed by atoms with Gasteiger partial charge in [0.15, 0.2) is 0 Å². The van der Waals surface area contributed by atoms with Crippen LogP contribution < -0.4 is 10.6 Å². The summed E-state index contributed by atoms with van der Waals surface area (Å²) in [7, 11) is 0. The quantitative estimate of drug-likeness (QED) is 0.875. The molecule has 2 rings (SSSR count). The van der Waals surface area contributed by atoms with Gasteiger partial charge in [-0.25, -0.2) is 9.97 Å². The van der Waals surface area contributed by atoms with Gasteiger partial charge in [-0.1, -0.05) is 41.9 Å². The second kappa shape index (κ2) is 6.70. The van der Waals surface area contributed by atoms with E-state index in [4.69, 9.17) is 11.6 Å². The van der Waals surface area contributed by atoms with Gasteiger partial charge in [-0.2, -0.15) is 0 Å². The average molecular weight is 277 g/mol. The van der Waals surface area contributed by atoms with E-state index in [0.29, 0.717) is 17.4 Å². The first-order valence-electron chi connectivity index (χ1n) is 5.75. The molecule has 19 heavy (non-hydrogen) atoms. The van der Waals surface area contributed by atoms with Crippen molar-refractivity contribution < 1.29 is 4.79 Å². The van der Waals surface area contributed by atoms with Crippen LogP contribution in [0.2, 0.25) is 5.02 Å². The molecule has 0 radical (unpaired) electrons. The van der Waals surface area contributed by atoms with E-state index in [1.807, 2.05) is 30.3 Å². The highest BCUT2D eigenvalue weighted by atomic mass is 35.5. The number of benzene rings is 1. The Balaban J connectivity index is 1.78. The zero-order chi connectivity index (χ0) is 13.5. The predicted molar refractivity (Wildman–Crippen MR) is 73.8 cm³/mol. The summed E-state index contributed by atoms with van der Waals surface area (Å²) in [5.74, 6) is 0.324. The first-order chi connectivity index (χ1) is 9.25. The van der Waals surface area contributed by atoms with Gasteiger partial charge in [0.2, 0.25) is 5.91 Å². The third kappa shape index (κ3) is 4.22. The molecule has 1 aromatic heterocycles. The average Bonchev–Trinajstić information content (AvgIpc) is 2.45. The minimum Gasteiger partial charge on any atom is -0.360 e. The maximum atomic E-state index is 11.6. The fourth-order valence-corrected chi connectivity index (χ4v) is 1.64. The molecule has 1 aromatic carbocycles. The largest absolute Gasteiger partial charge is 0.360 e. The molecular weight excluding hydrogens is 264 g/mol. The van der Waals surface area contributed by atoms with Crippen molar-refractivity contribution in [3.8, 4) is 0 Å². The number of nitrogens with zero attached hydrogens (tertiary/aromatic N) is 2. The molecule has 5 nitrogen and oxygen atoms in total. The molecule has 6 heteroatoms. The smallest absolute Gasteiger partial charge is 0.239 e. The van der Waals surface area contributed by atoms with Gasteiger partial charge in [0.05, 0.1) is 12.7 Å². The molecule has 0 saturated heterocycles. The van der Waals surface area contributed by atoms with Crippen LogP contribution >= 0.6 is 11.6 Å². The van der Waals surface area contributed by atoms with Gasteiger partial charge in [0.1, 0.15) is 17.2 Å². The van der Waals surface area contributed by atoms with E-state index < -0.39 is 0 Å². The minimum atomic E-state index is -0.126. The van der Waals surface area contributed by atoms with Crippen molar-refractivity contribution in [3.05, 3.63) is 53.4 Å². The fraction of sp³-hybridized carbons (Fsp3) is 0.154. The Bertz CT molecular complexity index is 547. The molecule has 2 N–H and O–H groups in total. The molecule has 0 spiro atoms. The van der Waals surface area contributed by atoms with Crippen LogP contribution in [0.3, 0.4) is 0 Å². The van der Waals surface area contributed by atoms with E-state index in [9.17, 15) is 4.79 Å². The highest BCUT2D eigenvalue weighted by Crippen LogP contribution is 2.15. The monoisotopic (exact) mass is 276 g/mol.